The number of nitrogens with one attached hydrogen (secondary N) is 1. The molecule has 0 unspecified atom stereocenters. The van der Waals surface area contributed by atoms with Gasteiger partial charge in [0.05, 0.1) is 4.92 Å². The summed E-state index contributed by atoms with van der Waals surface area (Å²) in [4.78, 5) is 32.6. The van der Waals surface area contributed by atoms with Crippen LogP contribution < -0.4 is 5.32 Å². The number of nitro groups is 1. The summed E-state index contributed by atoms with van der Waals surface area (Å²) >= 11 is 0. The molecule has 1 heterocycles. The predicted molar refractivity (Wildman–Crippen MR) is 92.3 cm³/mol. The summed E-state index contributed by atoms with van der Waals surface area (Å²) in [6.45, 7) is 2.69. The predicted octanol–water partition coefficient (Wildman–Crippen LogP) is 3.22. The molecule has 10 nitrogen and oxygen atoms in total. The van der Waals surface area contributed by atoms with Crippen molar-refractivity contribution in [2.45, 2.75) is 19.8 Å². The third kappa shape index (κ3) is 4.54. The first-order valence-corrected chi connectivity index (χ1v) is 7.83. The third-order valence-corrected chi connectivity index (χ3v) is 4.18. The lowest BCUT2D eigenvalue weighted by molar-refractivity contribution is -0.385. The maximum absolute atomic E-state index is 11.5. The number of carbonyl (C=O) groups is 2. The van der Waals surface area contributed by atoms with Gasteiger partial charge < -0.3 is 25.0 Å². The van der Waals surface area contributed by atoms with Gasteiger partial charge in [0, 0.05) is 28.9 Å². The van der Waals surface area contributed by atoms with E-state index >= 15 is 0 Å². The number of allylic oxidation sites excluding steroid dienone is 2. The van der Waals surface area contributed by atoms with Crippen LogP contribution in [-0.4, -0.2) is 40.7 Å². The summed E-state index contributed by atoms with van der Waals surface area (Å²) in [5.41, 5.74) is 2.11. The van der Waals surface area contributed by atoms with Crippen LogP contribution >= 0.6 is 0 Å². The van der Waals surface area contributed by atoms with Crippen LogP contribution in [0.1, 0.15) is 25.3 Å². The van der Waals surface area contributed by atoms with Gasteiger partial charge in [0.1, 0.15) is 13.2 Å². The lowest BCUT2D eigenvalue weighted by Gasteiger charge is -2.31. The summed E-state index contributed by atoms with van der Waals surface area (Å²) in [6, 6.07) is 5.99. The molecule has 0 spiro atoms. The number of nitrogens with zero attached hydrogens (tertiary/aromatic N) is 1. The Morgan fingerprint density at radius 1 is 1.07 bits per heavy atom. The van der Waals surface area contributed by atoms with E-state index in [4.69, 9.17) is 10.2 Å². The molecule has 10 heteroatoms. The number of ether oxygens (including phenoxy) is 2. The van der Waals surface area contributed by atoms with Gasteiger partial charge in [-0.1, -0.05) is 18.2 Å². The molecule has 2 rings (SSSR count). The Balaban J connectivity index is 2.59. The molecular weight excluding hydrogens is 360 g/mol. The van der Waals surface area contributed by atoms with Gasteiger partial charge in [-0.15, -0.1) is 0 Å². The fraction of sp³-hybridized carbons (Fsp3) is 0.294. The van der Waals surface area contributed by atoms with E-state index in [0.29, 0.717) is 22.5 Å². The van der Waals surface area contributed by atoms with Crippen molar-refractivity contribution >= 4 is 18.0 Å². The quantitative estimate of drug-likeness (QED) is 0.385. The van der Waals surface area contributed by atoms with Crippen LogP contribution in [0.4, 0.5) is 15.3 Å². The number of carboxylic acid groups (broad SMARTS) is 2. The largest absolute Gasteiger partial charge is 0.506 e. The highest BCUT2D eigenvalue weighted by molar-refractivity contribution is 5.60. The Morgan fingerprint density at radius 3 is 2.00 bits per heavy atom. The van der Waals surface area contributed by atoms with Crippen molar-refractivity contribution in [2.24, 2.45) is 0 Å². The van der Waals surface area contributed by atoms with Crippen molar-refractivity contribution in [1.82, 2.24) is 5.32 Å². The highest BCUT2D eigenvalue weighted by Crippen LogP contribution is 2.41. The Hall–Kier alpha value is -3.56. The molecule has 0 radical (unpaired) electrons. The molecule has 0 atom stereocenters. The lowest BCUT2D eigenvalue weighted by Crippen LogP contribution is -2.29. The molecule has 27 heavy (non-hydrogen) atoms. The van der Waals surface area contributed by atoms with Gasteiger partial charge in [0.25, 0.3) is 5.69 Å². The van der Waals surface area contributed by atoms with Crippen molar-refractivity contribution in [3.05, 3.63) is 62.5 Å². The van der Waals surface area contributed by atoms with Gasteiger partial charge in [-0.2, -0.15) is 0 Å². The van der Waals surface area contributed by atoms with Crippen LogP contribution in [0.2, 0.25) is 0 Å². The van der Waals surface area contributed by atoms with E-state index < -0.39 is 23.2 Å². The minimum absolute atomic E-state index is 0.175. The standard InChI is InChI=1S/C17H18N2O8/c1-9-12(7-26-16(20)21)15(11-5-3-4-6-14(11)19(24)25)13(10(2)18-9)8-27-17(22)23/h3-6,15,18H,7-8H2,1-2H3,(H,20,21)(H,22,23). The van der Waals surface area contributed by atoms with Gasteiger partial charge in [-0.05, 0) is 25.0 Å². The molecule has 0 bridgehead atoms. The number of nitro benzene ring substituents is 1. The Kier molecular flexibility index (Phi) is 6.01. The van der Waals surface area contributed by atoms with E-state index in [1.165, 1.54) is 18.2 Å². The third-order valence-electron chi connectivity index (χ3n) is 4.18. The second-order valence-electron chi connectivity index (χ2n) is 5.78. The first kappa shape index (κ1) is 19.8. The Bertz CT molecular complexity index is 803. The van der Waals surface area contributed by atoms with Gasteiger partial charge in [-0.25, -0.2) is 9.59 Å². The summed E-state index contributed by atoms with van der Waals surface area (Å²) in [7, 11) is 0. The summed E-state index contributed by atoms with van der Waals surface area (Å²) in [5.74, 6) is -0.772. The van der Waals surface area contributed by atoms with Gasteiger partial charge in [0.15, 0.2) is 0 Å². The number of rotatable bonds is 6. The first-order valence-electron chi connectivity index (χ1n) is 7.83. The van der Waals surface area contributed by atoms with Crippen molar-refractivity contribution in [3.8, 4) is 0 Å². The zero-order valence-corrected chi connectivity index (χ0v) is 14.6. The number of hydrogen-bond donors (Lipinski definition) is 3. The average Bonchev–Trinajstić information content (AvgIpc) is 2.59. The highest BCUT2D eigenvalue weighted by Gasteiger charge is 2.34. The van der Waals surface area contributed by atoms with E-state index in [1.807, 2.05) is 0 Å². The van der Waals surface area contributed by atoms with Crippen molar-refractivity contribution in [3.63, 3.8) is 0 Å². The van der Waals surface area contributed by atoms with Crippen LogP contribution in [0.3, 0.4) is 0 Å². The van der Waals surface area contributed by atoms with Crippen molar-refractivity contribution < 1.29 is 34.2 Å². The Morgan fingerprint density at radius 2 is 1.56 bits per heavy atom. The van der Waals surface area contributed by atoms with Crippen LogP contribution in [0.5, 0.6) is 0 Å². The molecule has 1 aromatic rings. The van der Waals surface area contributed by atoms with E-state index in [9.17, 15) is 19.7 Å². The van der Waals surface area contributed by atoms with Crippen LogP contribution in [0.25, 0.3) is 0 Å². The van der Waals surface area contributed by atoms with Crippen LogP contribution in [-0.2, 0) is 9.47 Å². The maximum Gasteiger partial charge on any atom is 0.506 e. The van der Waals surface area contributed by atoms with Gasteiger partial charge >= 0.3 is 12.3 Å². The topological polar surface area (TPSA) is 148 Å². The SMILES string of the molecule is CC1=C(COC(=O)O)C(c2ccccc2[N+](=O)[O-])C(COC(=O)O)=C(C)N1. The summed E-state index contributed by atoms with van der Waals surface area (Å²) in [5, 5.41) is 32.2. The number of hydrogen-bond acceptors (Lipinski definition) is 7. The summed E-state index contributed by atoms with van der Waals surface area (Å²) < 4.78 is 9.36. The fourth-order valence-corrected chi connectivity index (χ4v) is 3.02. The van der Waals surface area contributed by atoms with Crippen molar-refractivity contribution in [1.29, 1.82) is 0 Å². The highest BCUT2D eigenvalue weighted by atomic mass is 16.7. The van der Waals surface area contributed by atoms with E-state index in [0.717, 1.165) is 0 Å². The summed E-state index contributed by atoms with van der Waals surface area (Å²) in [6.07, 6.45) is -2.99. The molecule has 3 N–H and O–H groups in total. The van der Waals surface area contributed by atoms with Crippen molar-refractivity contribution in [2.75, 3.05) is 13.2 Å². The van der Waals surface area contributed by atoms with Gasteiger partial charge in [-0.3, -0.25) is 10.1 Å². The fourth-order valence-electron chi connectivity index (χ4n) is 3.02. The first-order chi connectivity index (χ1) is 12.7. The molecule has 1 aromatic carbocycles. The molecule has 1 aliphatic rings. The molecule has 0 aromatic heterocycles. The molecule has 0 saturated heterocycles. The molecule has 0 aliphatic carbocycles. The van der Waals surface area contributed by atoms with E-state index in [2.05, 4.69) is 14.8 Å². The molecule has 0 amide bonds. The number of para-hydroxylation sites is 1. The minimum Gasteiger partial charge on any atom is -0.450 e. The van der Waals surface area contributed by atoms with Crippen LogP contribution in [0.15, 0.2) is 46.8 Å². The second-order valence-corrected chi connectivity index (χ2v) is 5.78. The smallest absolute Gasteiger partial charge is 0.450 e. The zero-order valence-electron chi connectivity index (χ0n) is 14.6. The van der Waals surface area contributed by atoms with E-state index in [1.54, 1.807) is 19.9 Å². The maximum atomic E-state index is 11.5. The molecule has 0 saturated carbocycles. The zero-order chi connectivity index (χ0) is 20.1. The van der Waals surface area contributed by atoms with Crippen LogP contribution in [0, 0.1) is 10.1 Å². The second kappa shape index (κ2) is 8.21. The molecule has 0 fully saturated rings. The Labute approximate surface area is 153 Å². The molecule has 144 valence electrons. The molecular formula is C17H18N2O8. The number of benzene rings is 1. The number of dihydropyridines is 1. The molecule has 1 aliphatic heterocycles. The monoisotopic (exact) mass is 378 g/mol. The average molecular weight is 378 g/mol. The van der Waals surface area contributed by atoms with Gasteiger partial charge in [0.2, 0.25) is 0 Å². The minimum atomic E-state index is -1.49. The lowest BCUT2D eigenvalue weighted by atomic mass is 9.80. The normalized spacial score (nSPS) is 14.6. The van der Waals surface area contributed by atoms with E-state index in [-0.39, 0.29) is 24.5 Å².